The van der Waals surface area contributed by atoms with Gasteiger partial charge in [-0.15, -0.1) is 0 Å². The van der Waals surface area contributed by atoms with Crippen molar-refractivity contribution in [3.63, 3.8) is 0 Å². The summed E-state index contributed by atoms with van der Waals surface area (Å²) in [4.78, 5) is 11.1. The van der Waals surface area contributed by atoms with Crippen molar-refractivity contribution >= 4 is 16.0 Å². The zero-order valence-corrected chi connectivity index (χ0v) is 13.3. The molecule has 2 N–H and O–H groups in total. The molecule has 0 spiro atoms. The van der Waals surface area contributed by atoms with Gasteiger partial charge in [-0.25, -0.2) is 13.1 Å². The molecule has 0 bridgehead atoms. The molecule has 1 aromatic carbocycles. The van der Waals surface area contributed by atoms with Gasteiger partial charge in [-0.3, -0.25) is 4.79 Å². The van der Waals surface area contributed by atoms with Crippen LogP contribution < -0.4 is 4.72 Å². The summed E-state index contributed by atoms with van der Waals surface area (Å²) in [6, 6.07) is 6.36. The van der Waals surface area contributed by atoms with Crippen LogP contribution in [0.15, 0.2) is 29.2 Å². The Balaban J connectivity index is 1.98. The minimum Gasteiger partial charge on any atom is -0.481 e. The highest BCUT2D eigenvalue weighted by Gasteiger charge is 2.28. The predicted molar refractivity (Wildman–Crippen MR) is 80.9 cm³/mol. The van der Waals surface area contributed by atoms with Gasteiger partial charge in [-0.1, -0.05) is 12.1 Å². The molecular formula is C15H21NO5S. The van der Waals surface area contributed by atoms with Crippen LogP contribution in [0.1, 0.15) is 31.2 Å². The van der Waals surface area contributed by atoms with Gasteiger partial charge in [0.25, 0.3) is 0 Å². The lowest BCUT2D eigenvalue weighted by Gasteiger charge is -2.26. The second-order valence-electron chi connectivity index (χ2n) is 5.59. The number of sulfonamides is 1. The molecule has 0 aromatic heterocycles. The number of carbonyl (C=O) groups is 1. The van der Waals surface area contributed by atoms with E-state index in [1.807, 2.05) is 0 Å². The third-order valence-corrected chi connectivity index (χ3v) is 5.48. The van der Waals surface area contributed by atoms with Crippen LogP contribution >= 0.6 is 0 Å². The van der Waals surface area contributed by atoms with Gasteiger partial charge in [0.05, 0.1) is 17.4 Å². The minimum atomic E-state index is -3.57. The molecule has 7 heteroatoms. The molecule has 1 fully saturated rings. The number of methoxy groups -OCH3 is 1. The van der Waals surface area contributed by atoms with Crippen LogP contribution in [0.4, 0.5) is 0 Å². The van der Waals surface area contributed by atoms with Crippen LogP contribution in [-0.4, -0.2) is 32.6 Å². The summed E-state index contributed by atoms with van der Waals surface area (Å²) in [5.41, 5.74) is 0.906. The van der Waals surface area contributed by atoms with E-state index in [0.29, 0.717) is 32.3 Å². The Hall–Kier alpha value is -1.44. The maximum absolute atomic E-state index is 12.3. The highest BCUT2D eigenvalue weighted by Crippen LogP contribution is 2.25. The molecule has 0 saturated heterocycles. The summed E-state index contributed by atoms with van der Waals surface area (Å²) < 4.78 is 32.3. The Bertz CT molecular complexity index is 603. The first-order valence-corrected chi connectivity index (χ1v) is 8.73. The number of hydrogen-bond donors (Lipinski definition) is 2. The Morgan fingerprint density at radius 1 is 1.23 bits per heavy atom. The van der Waals surface area contributed by atoms with Crippen molar-refractivity contribution in [2.45, 2.75) is 43.2 Å². The van der Waals surface area contributed by atoms with E-state index < -0.39 is 16.0 Å². The maximum atomic E-state index is 12.3. The number of aliphatic carboxylic acids is 1. The fourth-order valence-corrected chi connectivity index (χ4v) is 3.98. The van der Waals surface area contributed by atoms with Gasteiger partial charge in [0.15, 0.2) is 0 Å². The van der Waals surface area contributed by atoms with Crippen LogP contribution in [0.3, 0.4) is 0 Å². The van der Waals surface area contributed by atoms with Gasteiger partial charge >= 0.3 is 5.97 Å². The van der Waals surface area contributed by atoms with Crippen LogP contribution in [0.25, 0.3) is 0 Å². The van der Waals surface area contributed by atoms with Crippen LogP contribution in [-0.2, 0) is 26.2 Å². The van der Waals surface area contributed by atoms with Crippen molar-refractivity contribution in [3.8, 4) is 0 Å². The highest BCUT2D eigenvalue weighted by molar-refractivity contribution is 7.89. The zero-order valence-electron chi connectivity index (χ0n) is 12.5. The first-order chi connectivity index (χ1) is 10.4. The second kappa shape index (κ2) is 7.21. The lowest BCUT2D eigenvalue weighted by molar-refractivity contribution is -0.142. The minimum absolute atomic E-state index is 0.195. The number of carboxylic acid groups (broad SMARTS) is 1. The smallest absolute Gasteiger partial charge is 0.306 e. The molecule has 22 heavy (non-hydrogen) atoms. The average molecular weight is 327 g/mol. The third-order valence-electron chi connectivity index (χ3n) is 3.94. The molecule has 6 nitrogen and oxygen atoms in total. The topological polar surface area (TPSA) is 92.7 Å². The summed E-state index contributed by atoms with van der Waals surface area (Å²) in [6.07, 6.45) is 2.13. The molecule has 0 heterocycles. The first kappa shape index (κ1) is 16.9. The number of benzene rings is 1. The standard InChI is InChI=1S/C15H21NO5S/c1-21-10-11-2-8-14(9-3-11)22(19,20)16-13-6-4-12(5-7-13)15(17)18/h2-3,8-9,12-13,16H,4-7,10H2,1H3,(H,17,18). The largest absolute Gasteiger partial charge is 0.481 e. The zero-order chi connectivity index (χ0) is 16.2. The molecular weight excluding hydrogens is 306 g/mol. The summed E-state index contributed by atoms with van der Waals surface area (Å²) in [7, 11) is -1.98. The van der Waals surface area contributed by atoms with Gasteiger partial charge in [-0.05, 0) is 43.4 Å². The third kappa shape index (κ3) is 4.28. The molecule has 0 atom stereocenters. The molecule has 1 aromatic rings. The summed E-state index contributed by atoms with van der Waals surface area (Å²) in [5.74, 6) is -1.15. The molecule has 0 radical (unpaired) electrons. The van der Waals surface area contributed by atoms with Crippen molar-refractivity contribution < 1.29 is 23.1 Å². The van der Waals surface area contributed by atoms with Crippen LogP contribution in [0.2, 0.25) is 0 Å². The quantitative estimate of drug-likeness (QED) is 0.830. The second-order valence-corrected chi connectivity index (χ2v) is 7.30. The van der Waals surface area contributed by atoms with E-state index >= 15 is 0 Å². The van der Waals surface area contributed by atoms with Gasteiger partial charge < -0.3 is 9.84 Å². The predicted octanol–water partition coefficient (Wildman–Crippen LogP) is 1.75. The highest BCUT2D eigenvalue weighted by atomic mass is 32.2. The lowest BCUT2D eigenvalue weighted by atomic mass is 9.87. The Kier molecular flexibility index (Phi) is 5.55. The van der Waals surface area contributed by atoms with E-state index in [1.165, 1.54) is 0 Å². The van der Waals surface area contributed by atoms with Crippen molar-refractivity contribution in [1.29, 1.82) is 0 Å². The summed E-state index contributed by atoms with van der Waals surface area (Å²) in [5, 5.41) is 8.96. The van der Waals surface area contributed by atoms with Crippen molar-refractivity contribution in [2.24, 2.45) is 5.92 Å². The number of rotatable bonds is 6. The van der Waals surface area contributed by atoms with E-state index in [4.69, 9.17) is 9.84 Å². The van der Waals surface area contributed by atoms with Crippen molar-refractivity contribution in [3.05, 3.63) is 29.8 Å². The van der Waals surface area contributed by atoms with Crippen molar-refractivity contribution in [2.75, 3.05) is 7.11 Å². The van der Waals surface area contributed by atoms with Gasteiger partial charge in [0.2, 0.25) is 10.0 Å². The Labute approximate surface area is 130 Å². The fraction of sp³-hybridized carbons (Fsp3) is 0.533. The fourth-order valence-electron chi connectivity index (χ4n) is 2.68. The van der Waals surface area contributed by atoms with Crippen LogP contribution in [0.5, 0.6) is 0 Å². The number of ether oxygens (including phenoxy) is 1. The maximum Gasteiger partial charge on any atom is 0.306 e. The molecule has 2 rings (SSSR count). The number of nitrogens with one attached hydrogen (secondary N) is 1. The normalized spacial score (nSPS) is 22.4. The molecule has 1 aliphatic rings. The number of hydrogen-bond acceptors (Lipinski definition) is 4. The molecule has 0 aliphatic heterocycles. The Morgan fingerprint density at radius 3 is 2.32 bits per heavy atom. The molecule has 0 unspecified atom stereocenters. The summed E-state index contributed by atoms with van der Waals surface area (Å²) >= 11 is 0. The van der Waals surface area contributed by atoms with Gasteiger partial charge in [-0.2, -0.15) is 0 Å². The van der Waals surface area contributed by atoms with E-state index in [2.05, 4.69) is 4.72 Å². The monoisotopic (exact) mass is 327 g/mol. The lowest BCUT2D eigenvalue weighted by Crippen LogP contribution is -2.38. The van der Waals surface area contributed by atoms with Gasteiger partial charge in [0.1, 0.15) is 0 Å². The van der Waals surface area contributed by atoms with Crippen LogP contribution in [0, 0.1) is 5.92 Å². The van der Waals surface area contributed by atoms with E-state index in [9.17, 15) is 13.2 Å². The van der Waals surface area contributed by atoms with E-state index in [0.717, 1.165) is 5.56 Å². The average Bonchev–Trinajstić information content (AvgIpc) is 2.48. The SMILES string of the molecule is COCc1ccc(S(=O)(=O)NC2CCC(C(=O)O)CC2)cc1. The molecule has 0 amide bonds. The van der Waals surface area contributed by atoms with Crippen molar-refractivity contribution in [1.82, 2.24) is 4.72 Å². The van der Waals surface area contributed by atoms with Gasteiger partial charge in [0, 0.05) is 13.2 Å². The Morgan fingerprint density at radius 2 is 1.82 bits per heavy atom. The van der Waals surface area contributed by atoms with E-state index in [1.54, 1.807) is 31.4 Å². The number of carboxylic acids is 1. The molecule has 122 valence electrons. The molecule has 1 saturated carbocycles. The summed E-state index contributed by atoms with van der Waals surface area (Å²) in [6.45, 7) is 0.437. The first-order valence-electron chi connectivity index (χ1n) is 7.25. The van der Waals surface area contributed by atoms with E-state index in [-0.39, 0.29) is 16.9 Å². The molecule has 1 aliphatic carbocycles.